The summed E-state index contributed by atoms with van der Waals surface area (Å²) in [5.41, 5.74) is 1.32. The number of carbonyl (C=O) groups is 4. The van der Waals surface area contributed by atoms with E-state index in [1.54, 1.807) is 24.3 Å². The Kier molecular flexibility index (Phi) is 7.30. The molecule has 2 aromatic rings. The second-order valence-corrected chi connectivity index (χ2v) is 7.81. The highest BCUT2D eigenvalue weighted by atomic mass is 32.2. The zero-order chi connectivity index (χ0) is 22.4. The van der Waals surface area contributed by atoms with Gasteiger partial charge in [0.15, 0.2) is 0 Å². The van der Waals surface area contributed by atoms with E-state index in [1.807, 2.05) is 6.92 Å². The molecule has 0 spiro atoms. The Balaban J connectivity index is 1.55. The van der Waals surface area contributed by atoms with Crippen LogP contribution in [-0.4, -0.2) is 48.4 Å². The molecule has 2 aromatic carbocycles. The van der Waals surface area contributed by atoms with Gasteiger partial charge in [-0.3, -0.25) is 14.4 Å². The normalized spacial score (nSPS) is 15.7. The minimum absolute atomic E-state index is 0.0125. The summed E-state index contributed by atoms with van der Waals surface area (Å²) in [6.45, 7) is 2.45. The van der Waals surface area contributed by atoms with E-state index in [4.69, 9.17) is 4.74 Å². The summed E-state index contributed by atoms with van der Waals surface area (Å²) in [5, 5.41) is 2.12. The van der Waals surface area contributed by atoms with Crippen LogP contribution < -0.4 is 15.0 Å². The third-order valence-corrected chi connectivity index (χ3v) is 5.72. The van der Waals surface area contributed by atoms with Crippen LogP contribution in [0.4, 0.5) is 11.4 Å². The molecule has 9 heteroatoms. The van der Waals surface area contributed by atoms with Crippen molar-refractivity contribution >= 4 is 46.8 Å². The van der Waals surface area contributed by atoms with E-state index in [2.05, 4.69) is 10.1 Å². The highest BCUT2D eigenvalue weighted by Crippen LogP contribution is 2.30. The number of thioether (sulfide) groups is 1. The van der Waals surface area contributed by atoms with Crippen LogP contribution in [0.1, 0.15) is 23.7 Å². The van der Waals surface area contributed by atoms with Gasteiger partial charge in [0.25, 0.3) is 0 Å². The molecule has 1 saturated heterocycles. The predicted molar refractivity (Wildman–Crippen MR) is 117 cm³/mol. The third-order valence-electron chi connectivity index (χ3n) is 4.52. The molecule has 1 fully saturated rings. The van der Waals surface area contributed by atoms with E-state index < -0.39 is 11.2 Å². The number of anilines is 2. The minimum atomic E-state index is -0.640. The molecule has 31 heavy (non-hydrogen) atoms. The van der Waals surface area contributed by atoms with Crippen LogP contribution in [-0.2, 0) is 19.1 Å². The Bertz CT molecular complexity index is 975. The zero-order valence-electron chi connectivity index (χ0n) is 17.1. The van der Waals surface area contributed by atoms with Gasteiger partial charge in [0.2, 0.25) is 17.7 Å². The molecule has 0 aliphatic carbocycles. The molecule has 0 aromatic heterocycles. The molecule has 0 saturated carbocycles. The van der Waals surface area contributed by atoms with Crippen molar-refractivity contribution in [1.82, 2.24) is 0 Å². The van der Waals surface area contributed by atoms with Gasteiger partial charge < -0.3 is 14.8 Å². The first-order valence-corrected chi connectivity index (χ1v) is 10.7. The van der Waals surface area contributed by atoms with Crippen LogP contribution >= 0.6 is 11.8 Å². The van der Waals surface area contributed by atoms with E-state index in [0.717, 1.165) is 16.7 Å². The number of esters is 1. The van der Waals surface area contributed by atoms with Gasteiger partial charge >= 0.3 is 5.97 Å². The lowest BCUT2D eigenvalue weighted by Gasteiger charge is -2.15. The van der Waals surface area contributed by atoms with Crippen LogP contribution in [0.2, 0.25) is 0 Å². The van der Waals surface area contributed by atoms with Crippen molar-refractivity contribution in [2.24, 2.45) is 0 Å². The highest BCUT2D eigenvalue weighted by Gasteiger charge is 2.40. The third kappa shape index (κ3) is 5.43. The first-order valence-electron chi connectivity index (χ1n) is 9.62. The standard InChI is InChI=1S/C22H22N2O6S/c1-3-30-17-10-6-15(7-11-17)23-19(25)13-31-18-12-20(26)24(21(18)27)16-8-4-14(5-9-16)22(28)29-2/h4-11,18H,3,12-13H2,1-2H3,(H,23,25). The number of ether oxygens (including phenoxy) is 2. The van der Waals surface area contributed by atoms with E-state index in [0.29, 0.717) is 29.3 Å². The van der Waals surface area contributed by atoms with E-state index >= 15 is 0 Å². The van der Waals surface area contributed by atoms with E-state index in [-0.39, 0.29) is 29.9 Å². The molecular weight excluding hydrogens is 420 g/mol. The lowest BCUT2D eigenvalue weighted by Crippen LogP contribution is -2.31. The number of nitrogens with one attached hydrogen (secondary N) is 1. The van der Waals surface area contributed by atoms with Gasteiger partial charge in [0.1, 0.15) is 5.75 Å². The molecule has 3 rings (SSSR count). The van der Waals surface area contributed by atoms with Crippen molar-refractivity contribution < 1.29 is 28.7 Å². The number of carbonyl (C=O) groups excluding carboxylic acids is 4. The summed E-state index contributed by atoms with van der Waals surface area (Å²) in [6, 6.07) is 13.0. The quantitative estimate of drug-likeness (QED) is 0.495. The summed E-state index contributed by atoms with van der Waals surface area (Å²) in [6.07, 6.45) is 0.0125. The van der Waals surface area contributed by atoms with Gasteiger partial charge in [-0.1, -0.05) is 0 Å². The molecule has 0 radical (unpaired) electrons. The number of nitrogens with zero attached hydrogens (tertiary/aromatic N) is 1. The number of imide groups is 1. The van der Waals surface area contributed by atoms with Crippen LogP contribution in [0, 0.1) is 0 Å². The van der Waals surface area contributed by atoms with E-state index in [1.165, 1.54) is 31.4 Å². The van der Waals surface area contributed by atoms with E-state index in [9.17, 15) is 19.2 Å². The van der Waals surface area contributed by atoms with Gasteiger partial charge in [-0.2, -0.15) is 0 Å². The van der Waals surface area contributed by atoms with Crippen molar-refractivity contribution in [2.75, 3.05) is 29.7 Å². The number of rotatable bonds is 8. The maximum atomic E-state index is 12.7. The van der Waals surface area contributed by atoms with Gasteiger partial charge in [-0.05, 0) is 55.5 Å². The van der Waals surface area contributed by atoms with Crippen LogP contribution in [0.15, 0.2) is 48.5 Å². The Morgan fingerprint density at radius 1 is 1.10 bits per heavy atom. The second-order valence-electron chi connectivity index (χ2n) is 6.62. The number of methoxy groups -OCH3 is 1. The molecular formula is C22H22N2O6S. The van der Waals surface area contributed by atoms with Crippen molar-refractivity contribution in [3.05, 3.63) is 54.1 Å². The minimum Gasteiger partial charge on any atom is -0.494 e. The first kappa shape index (κ1) is 22.4. The molecule has 8 nitrogen and oxygen atoms in total. The highest BCUT2D eigenvalue weighted by molar-refractivity contribution is 8.01. The molecule has 1 aliphatic heterocycles. The molecule has 1 unspecified atom stereocenters. The molecule has 1 atom stereocenters. The summed E-state index contributed by atoms with van der Waals surface area (Å²) in [4.78, 5) is 49.9. The lowest BCUT2D eigenvalue weighted by molar-refractivity contribution is -0.121. The van der Waals surface area contributed by atoms with Crippen molar-refractivity contribution in [3.8, 4) is 5.75 Å². The fourth-order valence-electron chi connectivity index (χ4n) is 3.04. The molecule has 1 N–H and O–H groups in total. The average molecular weight is 442 g/mol. The van der Waals surface area contributed by atoms with Crippen LogP contribution in [0.25, 0.3) is 0 Å². The molecule has 162 valence electrons. The fourth-order valence-corrected chi connectivity index (χ4v) is 3.98. The second kappa shape index (κ2) is 10.1. The Morgan fingerprint density at radius 2 is 1.77 bits per heavy atom. The Labute approximate surface area is 183 Å². The van der Waals surface area contributed by atoms with Crippen molar-refractivity contribution in [3.63, 3.8) is 0 Å². The summed E-state index contributed by atoms with van der Waals surface area (Å²) >= 11 is 1.12. The largest absolute Gasteiger partial charge is 0.494 e. The summed E-state index contributed by atoms with van der Waals surface area (Å²) < 4.78 is 10.00. The van der Waals surface area contributed by atoms with Crippen LogP contribution in [0.3, 0.4) is 0 Å². The number of hydrogen-bond donors (Lipinski definition) is 1. The molecule has 3 amide bonds. The number of benzene rings is 2. The SMILES string of the molecule is CCOc1ccc(NC(=O)CSC2CC(=O)N(c3ccc(C(=O)OC)cc3)C2=O)cc1. The topological polar surface area (TPSA) is 102 Å². The van der Waals surface area contributed by atoms with Crippen molar-refractivity contribution in [2.45, 2.75) is 18.6 Å². The number of hydrogen-bond acceptors (Lipinski definition) is 7. The maximum Gasteiger partial charge on any atom is 0.337 e. The predicted octanol–water partition coefficient (Wildman–Crippen LogP) is 2.88. The first-order chi connectivity index (χ1) is 14.9. The monoisotopic (exact) mass is 442 g/mol. The smallest absolute Gasteiger partial charge is 0.337 e. The lowest BCUT2D eigenvalue weighted by atomic mass is 10.2. The molecule has 1 aliphatic rings. The molecule has 0 bridgehead atoms. The Hall–Kier alpha value is -3.33. The maximum absolute atomic E-state index is 12.7. The van der Waals surface area contributed by atoms with Crippen molar-refractivity contribution in [1.29, 1.82) is 0 Å². The van der Waals surface area contributed by atoms with Crippen LogP contribution in [0.5, 0.6) is 5.75 Å². The van der Waals surface area contributed by atoms with Gasteiger partial charge in [-0.25, -0.2) is 9.69 Å². The van der Waals surface area contributed by atoms with Gasteiger partial charge in [-0.15, -0.1) is 11.8 Å². The fraction of sp³-hybridized carbons (Fsp3) is 0.273. The van der Waals surface area contributed by atoms with Gasteiger partial charge in [0.05, 0.1) is 36.0 Å². The Morgan fingerprint density at radius 3 is 2.39 bits per heavy atom. The molecule has 1 heterocycles. The average Bonchev–Trinajstić information content (AvgIpc) is 3.06. The van der Waals surface area contributed by atoms with Gasteiger partial charge in [0, 0.05) is 12.1 Å². The summed E-state index contributed by atoms with van der Waals surface area (Å²) in [7, 11) is 1.28. The zero-order valence-corrected chi connectivity index (χ0v) is 17.9. The number of amides is 3. The summed E-state index contributed by atoms with van der Waals surface area (Å²) in [5.74, 6) is -0.751.